The van der Waals surface area contributed by atoms with Crippen LogP contribution in [-0.4, -0.2) is 51.5 Å². The lowest BCUT2D eigenvalue weighted by atomic mass is 10.2. The number of aryl methyl sites for hydroxylation is 2. The van der Waals surface area contributed by atoms with E-state index in [4.69, 9.17) is 11.6 Å². The molecule has 9 heteroatoms. The third-order valence-corrected chi connectivity index (χ3v) is 6.19. The Labute approximate surface area is 164 Å². The molecule has 140 valence electrons. The van der Waals surface area contributed by atoms with E-state index in [9.17, 15) is 9.59 Å². The van der Waals surface area contributed by atoms with E-state index in [2.05, 4.69) is 14.9 Å². The minimum absolute atomic E-state index is 0.0451. The van der Waals surface area contributed by atoms with Crippen molar-refractivity contribution in [1.29, 1.82) is 0 Å². The molecule has 27 heavy (non-hydrogen) atoms. The lowest BCUT2D eigenvalue weighted by Crippen LogP contribution is -2.49. The molecule has 1 amide bonds. The van der Waals surface area contributed by atoms with Crippen LogP contribution in [0, 0.1) is 6.92 Å². The summed E-state index contributed by atoms with van der Waals surface area (Å²) < 4.78 is 1.44. The van der Waals surface area contributed by atoms with Crippen LogP contribution in [0.2, 0.25) is 5.15 Å². The zero-order valence-electron chi connectivity index (χ0n) is 15.0. The van der Waals surface area contributed by atoms with Crippen LogP contribution >= 0.6 is 22.9 Å². The fraction of sp³-hybridized carbons (Fsp3) is 0.333. The molecule has 3 aromatic heterocycles. The van der Waals surface area contributed by atoms with Crippen molar-refractivity contribution in [2.75, 3.05) is 31.1 Å². The number of aromatic nitrogens is 3. The molecule has 1 aliphatic rings. The minimum atomic E-state index is -0.121. The summed E-state index contributed by atoms with van der Waals surface area (Å²) in [5, 5.41) is 0.996. The molecule has 0 radical (unpaired) electrons. The molecule has 0 aliphatic carbocycles. The van der Waals surface area contributed by atoms with Gasteiger partial charge in [-0.15, -0.1) is 11.3 Å². The van der Waals surface area contributed by atoms with Gasteiger partial charge in [0.15, 0.2) is 0 Å². The van der Waals surface area contributed by atoms with E-state index in [1.54, 1.807) is 13.1 Å². The van der Waals surface area contributed by atoms with Gasteiger partial charge in [0.25, 0.3) is 11.5 Å². The Morgan fingerprint density at radius 3 is 2.67 bits per heavy atom. The third-order valence-electron chi connectivity index (χ3n) is 4.80. The fourth-order valence-corrected chi connectivity index (χ4v) is 4.54. The predicted octanol–water partition coefficient (Wildman–Crippen LogP) is 2.31. The summed E-state index contributed by atoms with van der Waals surface area (Å²) in [5.41, 5.74) is 0.595. The molecule has 0 N–H and O–H groups in total. The van der Waals surface area contributed by atoms with Gasteiger partial charge in [0.05, 0.1) is 16.6 Å². The first kappa shape index (κ1) is 17.9. The molecular weight excluding hydrogens is 386 g/mol. The van der Waals surface area contributed by atoms with Gasteiger partial charge in [-0.05, 0) is 24.6 Å². The Kier molecular flexibility index (Phi) is 4.61. The highest BCUT2D eigenvalue weighted by molar-refractivity contribution is 7.20. The highest BCUT2D eigenvalue weighted by Gasteiger charge is 2.27. The number of piperazine rings is 1. The van der Waals surface area contributed by atoms with Crippen molar-refractivity contribution in [3.8, 4) is 0 Å². The Hall–Kier alpha value is -2.45. The quantitative estimate of drug-likeness (QED) is 0.614. The number of halogens is 1. The zero-order chi connectivity index (χ0) is 19.1. The number of hydrogen-bond donors (Lipinski definition) is 0. The van der Waals surface area contributed by atoms with Crippen LogP contribution < -0.4 is 10.5 Å². The number of nitrogens with zero attached hydrogens (tertiary/aromatic N) is 5. The van der Waals surface area contributed by atoms with Gasteiger partial charge in [-0.1, -0.05) is 17.7 Å². The average molecular weight is 404 g/mol. The number of anilines is 1. The van der Waals surface area contributed by atoms with Gasteiger partial charge in [-0.3, -0.25) is 9.59 Å². The molecule has 0 bridgehead atoms. The monoisotopic (exact) mass is 403 g/mol. The van der Waals surface area contributed by atoms with Gasteiger partial charge in [0.2, 0.25) is 0 Å². The molecule has 1 aliphatic heterocycles. The Bertz CT molecular complexity index is 1090. The molecule has 7 nitrogen and oxygen atoms in total. The van der Waals surface area contributed by atoms with Crippen molar-refractivity contribution >= 4 is 44.9 Å². The first-order chi connectivity index (χ1) is 13.0. The summed E-state index contributed by atoms with van der Waals surface area (Å²) >= 11 is 7.26. The van der Waals surface area contributed by atoms with Crippen LogP contribution in [0.5, 0.6) is 0 Å². The second-order valence-electron chi connectivity index (χ2n) is 6.49. The van der Waals surface area contributed by atoms with E-state index in [1.807, 2.05) is 24.0 Å². The largest absolute Gasteiger partial charge is 0.353 e. The molecule has 1 saturated heterocycles. The van der Waals surface area contributed by atoms with E-state index < -0.39 is 0 Å². The maximum absolute atomic E-state index is 13.0. The second-order valence-corrected chi connectivity index (χ2v) is 7.88. The molecular formula is C18H18ClN5O2S. The van der Waals surface area contributed by atoms with E-state index >= 15 is 0 Å². The first-order valence-electron chi connectivity index (χ1n) is 8.57. The smallest absolute Gasteiger partial charge is 0.264 e. The van der Waals surface area contributed by atoms with Crippen molar-refractivity contribution in [2.24, 2.45) is 7.05 Å². The normalized spacial score (nSPS) is 14.8. The summed E-state index contributed by atoms with van der Waals surface area (Å²) in [5.74, 6) is 0.775. The van der Waals surface area contributed by atoms with E-state index in [-0.39, 0.29) is 11.5 Å². The number of rotatable bonds is 2. The summed E-state index contributed by atoms with van der Waals surface area (Å²) in [6.07, 6.45) is 1.49. The second kappa shape index (κ2) is 6.94. The van der Waals surface area contributed by atoms with Crippen LogP contribution in [0.4, 0.5) is 5.82 Å². The molecule has 0 atom stereocenters. The summed E-state index contributed by atoms with van der Waals surface area (Å²) in [6.45, 7) is 4.37. The minimum Gasteiger partial charge on any atom is -0.353 e. The molecule has 0 aromatic carbocycles. The van der Waals surface area contributed by atoms with Gasteiger partial charge < -0.3 is 14.4 Å². The SMILES string of the molecule is Cc1c(C(=O)N2CCN(c3cccc(Cl)n3)CC2)sc2ncn(C)c(=O)c12. The van der Waals surface area contributed by atoms with Crippen LogP contribution in [0.1, 0.15) is 15.2 Å². The van der Waals surface area contributed by atoms with Gasteiger partial charge >= 0.3 is 0 Å². The van der Waals surface area contributed by atoms with E-state index in [0.717, 1.165) is 5.82 Å². The number of carbonyl (C=O) groups excluding carboxylic acids is 1. The molecule has 4 heterocycles. The van der Waals surface area contributed by atoms with Gasteiger partial charge in [-0.2, -0.15) is 0 Å². The summed E-state index contributed by atoms with van der Waals surface area (Å²) in [4.78, 5) is 39.2. The van der Waals surface area contributed by atoms with Gasteiger partial charge in [0.1, 0.15) is 15.8 Å². The van der Waals surface area contributed by atoms with Crippen molar-refractivity contribution in [1.82, 2.24) is 19.4 Å². The standard InChI is InChI=1S/C18H18ClN5O2S/c1-11-14-16(20-10-22(2)17(14)25)27-15(11)18(26)24-8-6-23(7-9-24)13-5-3-4-12(19)21-13/h3-5,10H,6-9H2,1-2H3. The summed E-state index contributed by atoms with van der Waals surface area (Å²) in [7, 11) is 1.66. The van der Waals surface area contributed by atoms with E-state index in [0.29, 0.717) is 52.0 Å². The Morgan fingerprint density at radius 1 is 1.22 bits per heavy atom. The molecule has 3 aromatic rings. The van der Waals surface area contributed by atoms with Gasteiger partial charge in [0, 0.05) is 33.2 Å². The van der Waals surface area contributed by atoms with E-state index in [1.165, 1.54) is 22.2 Å². The number of hydrogen-bond acceptors (Lipinski definition) is 6. The highest BCUT2D eigenvalue weighted by Crippen LogP contribution is 2.28. The molecule has 4 rings (SSSR count). The van der Waals surface area contributed by atoms with Crippen LogP contribution in [0.3, 0.4) is 0 Å². The lowest BCUT2D eigenvalue weighted by molar-refractivity contribution is 0.0751. The van der Waals surface area contributed by atoms with Crippen molar-refractivity contribution in [3.05, 3.63) is 50.5 Å². The highest BCUT2D eigenvalue weighted by atomic mass is 35.5. The van der Waals surface area contributed by atoms with Crippen LogP contribution in [-0.2, 0) is 7.05 Å². The molecule has 1 fully saturated rings. The zero-order valence-corrected chi connectivity index (χ0v) is 16.5. The number of pyridine rings is 1. The Balaban J connectivity index is 1.55. The molecule has 0 saturated carbocycles. The first-order valence-corrected chi connectivity index (χ1v) is 9.76. The fourth-order valence-electron chi connectivity index (χ4n) is 3.27. The maximum atomic E-state index is 13.0. The van der Waals surface area contributed by atoms with Crippen molar-refractivity contribution in [3.63, 3.8) is 0 Å². The van der Waals surface area contributed by atoms with Gasteiger partial charge in [-0.25, -0.2) is 9.97 Å². The van der Waals surface area contributed by atoms with Crippen LogP contribution in [0.25, 0.3) is 10.2 Å². The molecule has 0 unspecified atom stereocenters. The topological polar surface area (TPSA) is 71.3 Å². The van der Waals surface area contributed by atoms with Crippen molar-refractivity contribution in [2.45, 2.75) is 6.92 Å². The van der Waals surface area contributed by atoms with Crippen molar-refractivity contribution < 1.29 is 4.79 Å². The third kappa shape index (κ3) is 3.19. The lowest BCUT2D eigenvalue weighted by Gasteiger charge is -2.35. The maximum Gasteiger partial charge on any atom is 0.264 e. The number of amides is 1. The number of carbonyl (C=O) groups is 1. The number of thiophene rings is 1. The Morgan fingerprint density at radius 2 is 1.96 bits per heavy atom. The predicted molar refractivity (Wildman–Crippen MR) is 107 cm³/mol. The molecule has 0 spiro atoms. The van der Waals surface area contributed by atoms with Crippen LogP contribution in [0.15, 0.2) is 29.3 Å². The number of fused-ring (bicyclic) bond motifs is 1. The summed E-state index contributed by atoms with van der Waals surface area (Å²) in [6, 6.07) is 5.53. The average Bonchev–Trinajstić information content (AvgIpc) is 3.01.